The summed E-state index contributed by atoms with van der Waals surface area (Å²) in [5.74, 6) is -0.779. The number of nitrogens with zero attached hydrogens (tertiary/aromatic N) is 5. The summed E-state index contributed by atoms with van der Waals surface area (Å²) in [6, 6.07) is 0. The van der Waals surface area contributed by atoms with Crippen LogP contribution in [-0.2, 0) is 35.0 Å². The standard InChI is InChI=1S/C15H21N5O5/c1-17(2)10(21)8-25-11(22)6-5-7-20-9-16-13-12(20)14(23)19(4)15(24)18(13)3/h9H,5-8H2,1-4H3. The summed E-state index contributed by atoms with van der Waals surface area (Å²) in [6.45, 7) is 0.0726. The monoisotopic (exact) mass is 351 g/mol. The molecule has 0 aromatic carbocycles. The summed E-state index contributed by atoms with van der Waals surface area (Å²) >= 11 is 0. The van der Waals surface area contributed by atoms with Crippen molar-refractivity contribution in [3.05, 3.63) is 27.2 Å². The van der Waals surface area contributed by atoms with Crippen molar-refractivity contribution in [1.29, 1.82) is 0 Å². The molecular formula is C15H21N5O5. The normalized spacial score (nSPS) is 10.9. The number of imidazole rings is 1. The highest BCUT2D eigenvalue weighted by atomic mass is 16.5. The number of ether oxygens (including phenoxy) is 1. The van der Waals surface area contributed by atoms with Crippen LogP contribution in [0.1, 0.15) is 12.8 Å². The van der Waals surface area contributed by atoms with E-state index in [0.717, 1.165) is 4.57 Å². The van der Waals surface area contributed by atoms with Crippen molar-refractivity contribution < 1.29 is 14.3 Å². The van der Waals surface area contributed by atoms with Crippen molar-refractivity contribution in [1.82, 2.24) is 23.6 Å². The third kappa shape index (κ3) is 3.78. The number of esters is 1. The fraction of sp³-hybridized carbons (Fsp3) is 0.533. The van der Waals surface area contributed by atoms with Crippen LogP contribution in [0.15, 0.2) is 15.9 Å². The van der Waals surface area contributed by atoms with E-state index in [1.54, 1.807) is 25.7 Å². The smallest absolute Gasteiger partial charge is 0.332 e. The van der Waals surface area contributed by atoms with E-state index in [1.807, 2.05) is 0 Å². The molecule has 0 aliphatic heterocycles. The Bertz CT molecular complexity index is 921. The summed E-state index contributed by atoms with van der Waals surface area (Å²) in [7, 11) is 6.10. The van der Waals surface area contributed by atoms with Gasteiger partial charge in [0.2, 0.25) is 0 Å². The van der Waals surface area contributed by atoms with E-state index in [2.05, 4.69) is 4.98 Å². The van der Waals surface area contributed by atoms with Gasteiger partial charge in [0, 0.05) is 41.2 Å². The molecule has 2 heterocycles. The lowest BCUT2D eigenvalue weighted by atomic mass is 10.3. The van der Waals surface area contributed by atoms with E-state index in [1.165, 1.54) is 22.8 Å². The molecule has 0 N–H and O–H groups in total. The highest BCUT2D eigenvalue weighted by Gasteiger charge is 2.14. The van der Waals surface area contributed by atoms with Crippen LogP contribution in [0.2, 0.25) is 0 Å². The Balaban J connectivity index is 2.03. The lowest BCUT2D eigenvalue weighted by Crippen LogP contribution is -2.37. The van der Waals surface area contributed by atoms with E-state index in [-0.39, 0.29) is 18.9 Å². The largest absolute Gasteiger partial charge is 0.456 e. The van der Waals surface area contributed by atoms with Crippen molar-refractivity contribution in [3.8, 4) is 0 Å². The second-order valence-corrected chi connectivity index (χ2v) is 5.87. The number of carbonyl (C=O) groups excluding carboxylic acids is 2. The molecule has 0 atom stereocenters. The van der Waals surface area contributed by atoms with E-state index in [4.69, 9.17) is 4.74 Å². The Labute approximate surface area is 143 Å². The number of fused-ring (bicyclic) bond motifs is 1. The molecule has 10 heteroatoms. The van der Waals surface area contributed by atoms with Gasteiger partial charge in [0.25, 0.3) is 11.5 Å². The van der Waals surface area contributed by atoms with Gasteiger partial charge in [-0.1, -0.05) is 0 Å². The molecule has 0 saturated heterocycles. The number of hydrogen-bond donors (Lipinski definition) is 0. The maximum Gasteiger partial charge on any atom is 0.332 e. The predicted octanol–water partition coefficient (Wildman–Crippen LogP) is -1.15. The van der Waals surface area contributed by atoms with Gasteiger partial charge in [0.15, 0.2) is 17.8 Å². The van der Waals surface area contributed by atoms with Gasteiger partial charge in [-0.05, 0) is 6.42 Å². The third-order valence-electron chi connectivity index (χ3n) is 3.85. The van der Waals surface area contributed by atoms with Gasteiger partial charge >= 0.3 is 11.7 Å². The maximum atomic E-state index is 12.3. The number of carbonyl (C=O) groups is 2. The fourth-order valence-electron chi connectivity index (χ4n) is 2.30. The van der Waals surface area contributed by atoms with Crippen LogP contribution in [-0.4, -0.2) is 56.2 Å². The van der Waals surface area contributed by atoms with Gasteiger partial charge < -0.3 is 14.2 Å². The lowest BCUT2D eigenvalue weighted by Gasteiger charge is -2.10. The number of hydrogen-bond acceptors (Lipinski definition) is 6. The van der Waals surface area contributed by atoms with E-state index in [9.17, 15) is 19.2 Å². The second kappa shape index (κ2) is 7.32. The topological polar surface area (TPSA) is 108 Å². The maximum absolute atomic E-state index is 12.3. The van der Waals surface area contributed by atoms with E-state index < -0.39 is 17.2 Å². The molecule has 2 aromatic heterocycles. The average Bonchev–Trinajstić information content (AvgIpc) is 2.99. The SMILES string of the molecule is CN(C)C(=O)COC(=O)CCCn1cnc2c1c(=O)n(C)c(=O)n2C. The van der Waals surface area contributed by atoms with Crippen LogP contribution < -0.4 is 11.2 Å². The van der Waals surface area contributed by atoms with Gasteiger partial charge in [-0.25, -0.2) is 9.78 Å². The first-order valence-electron chi connectivity index (χ1n) is 7.70. The summed E-state index contributed by atoms with van der Waals surface area (Å²) < 4.78 is 8.81. The molecule has 0 aliphatic carbocycles. The number of likely N-dealkylation sites (N-methyl/N-ethyl adjacent to an activating group) is 1. The average molecular weight is 351 g/mol. The fourth-order valence-corrected chi connectivity index (χ4v) is 2.30. The predicted molar refractivity (Wildman–Crippen MR) is 89.1 cm³/mol. The number of aromatic nitrogens is 4. The number of rotatable bonds is 6. The zero-order chi connectivity index (χ0) is 18.7. The van der Waals surface area contributed by atoms with Gasteiger partial charge in [0.1, 0.15) is 0 Å². The van der Waals surface area contributed by atoms with Crippen LogP contribution in [0.4, 0.5) is 0 Å². The first-order valence-corrected chi connectivity index (χ1v) is 7.70. The van der Waals surface area contributed by atoms with E-state index >= 15 is 0 Å². The third-order valence-corrected chi connectivity index (χ3v) is 3.85. The molecule has 0 aliphatic rings. The van der Waals surface area contributed by atoms with Gasteiger partial charge in [-0.3, -0.25) is 23.5 Å². The molecule has 136 valence electrons. The highest BCUT2D eigenvalue weighted by molar-refractivity contribution is 5.80. The molecular weight excluding hydrogens is 330 g/mol. The van der Waals surface area contributed by atoms with Crippen LogP contribution in [0.3, 0.4) is 0 Å². The molecule has 2 aromatic rings. The first-order chi connectivity index (χ1) is 11.7. The van der Waals surface area contributed by atoms with Crippen LogP contribution in [0.25, 0.3) is 11.2 Å². The summed E-state index contributed by atoms with van der Waals surface area (Å²) in [6.07, 6.45) is 1.98. The minimum Gasteiger partial charge on any atom is -0.456 e. The molecule has 0 spiro atoms. The van der Waals surface area contributed by atoms with Crippen molar-refractivity contribution >= 4 is 23.0 Å². The lowest BCUT2D eigenvalue weighted by molar-refractivity contribution is -0.151. The zero-order valence-electron chi connectivity index (χ0n) is 14.7. The van der Waals surface area contributed by atoms with Crippen molar-refractivity contribution in [2.75, 3.05) is 20.7 Å². The highest BCUT2D eigenvalue weighted by Crippen LogP contribution is 2.07. The minimum absolute atomic E-state index is 0.104. The minimum atomic E-state index is -0.486. The summed E-state index contributed by atoms with van der Waals surface area (Å²) in [4.78, 5) is 52.6. The molecule has 2 rings (SSSR count). The Morgan fingerprint density at radius 3 is 2.52 bits per heavy atom. The first kappa shape index (κ1) is 18.4. The van der Waals surface area contributed by atoms with Crippen LogP contribution >= 0.6 is 0 Å². The summed E-state index contributed by atoms with van der Waals surface area (Å²) in [5, 5.41) is 0. The van der Waals surface area contributed by atoms with Gasteiger partial charge in [-0.15, -0.1) is 0 Å². The van der Waals surface area contributed by atoms with E-state index in [0.29, 0.717) is 24.1 Å². The number of amides is 1. The Morgan fingerprint density at radius 1 is 1.20 bits per heavy atom. The molecule has 10 nitrogen and oxygen atoms in total. The quantitative estimate of drug-likeness (QED) is 0.608. The van der Waals surface area contributed by atoms with Gasteiger partial charge in [0.05, 0.1) is 6.33 Å². The molecule has 0 bridgehead atoms. The van der Waals surface area contributed by atoms with Crippen molar-refractivity contribution in [2.24, 2.45) is 14.1 Å². The summed E-state index contributed by atoms with van der Waals surface area (Å²) in [5.41, 5.74) is -0.278. The molecule has 0 unspecified atom stereocenters. The molecule has 0 saturated carbocycles. The molecule has 0 radical (unpaired) electrons. The molecule has 0 fully saturated rings. The van der Waals surface area contributed by atoms with Crippen LogP contribution in [0.5, 0.6) is 0 Å². The Morgan fingerprint density at radius 2 is 1.88 bits per heavy atom. The molecule has 25 heavy (non-hydrogen) atoms. The Kier molecular flexibility index (Phi) is 5.40. The number of aryl methyl sites for hydroxylation is 2. The van der Waals surface area contributed by atoms with Crippen molar-refractivity contribution in [3.63, 3.8) is 0 Å². The van der Waals surface area contributed by atoms with Crippen molar-refractivity contribution in [2.45, 2.75) is 19.4 Å². The van der Waals surface area contributed by atoms with Gasteiger partial charge in [-0.2, -0.15) is 0 Å². The second-order valence-electron chi connectivity index (χ2n) is 5.87. The zero-order valence-corrected chi connectivity index (χ0v) is 14.7. The Hall–Kier alpha value is -2.91. The molecule has 1 amide bonds. The van der Waals surface area contributed by atoms with Crippen LogP contribution in [0, 0.1) is 0 Å².